The number of hydrogen-bond donors (Lipinski definition) is 0. The molecule has 0 spiro atoms. The van der Waals surface area contributed by atoms with E-state index in [0.717, 1.165) is 0 Å². The topological polar surface area (TPSA) is 120 Å². The number of carboxylic acids is 3. The van der Waals surface area contributed by atoms with Crippen molar-refractivity contribution < 1.29 is 67.9 Å². The molecule has 0 aliphatic rings. The molecule has 0 bridgehead atoms. The fourth-order valence-electron chi connectivity index (χ4n) is 0. The van der Waals surface area contributed by atoms with Gasteiger partial charge >= 0.3 is 38.2 Å². The summed E-state index contributed by atoms with van der Waals surface area (Å²) in [6.07, 6.45) is 0. The maximum absolute atomic E-state index is 9.91. The third-order valence-electron chi connectivity index (χ3n) is 1.84. The van der Waals surface area contributed by atoms with Gasteiger partial charge in [-0.2, -0.15) is 0 Å². The van der Waals surface area contributed by atoms with Gasteiger partial charge < -0.3 is 29.7 Å². The molecule has 22 heavy (non-hydrogen) atoms. The maximum atomic E-state index is 9.91. The van der Waals surface area contributed by atoms with Gasteiger partial charge in [0.25, 0.3) is 0 Å². The molecule has 133 valence electrons. The molecule has 0 N–H and O–H groups in total. The van der Waals surface area contributed by atoms with Crippen LogP contribution in [0.5, 0.6) is 0 Å². The molecule has 0 aromatic carbocycles. The summed E-state index contributed by atoms with van der Waals surface area (Å²) in [6.45, 7) is 14.4. The summed E-state index contributed by atoms with van der Waals surface area (Å²) >= 11 is 0. The second-order valence-corrected chi connectivity index (χ2v) is 7.61. The summed E-state index contributed by atoms with van der Waals surface area (Å²) in [7, 11) is 0. The molecule has 0 aromatic heterocycles. The minimum Gasteiger partial charge on any atom is -0.550 e. The van der Waals surface area contributed by atoms with Crippen LogP contribution in [0.25, 0.3) is 0 Å². The Morgan fingerprint density at radius 2 is 0.545 bits per heavy atom. The first kappa shape index (κ1) is 29.7. The van der Waals surface area contributed by atoms with Gasteiger partial charge in [-0.25, -0.2) is 0 Å². The number of hydrogen-bond acceptors (Lipinski definition) is 6. The van der Waals surface area contributed by atoms with Crippen LogP contribution in [0.4, 0.5) is 0 Å². The molecule has 0 saturated carbocycles. The Kier molecular flexibility index (Phi) is 15.2. The average Bonchev–Trinajstić information content (AvgIpc) is 2.14. The van der Waals surface area contributed by atoms with Crippen LogP contribution in [0.2, 0.25) is 0 Å². The standard InChI is InChI=1S/3C5H10O2.Dy/c3*1-5(2,3)4(6)7;/h3*1-3H3,(H,6,7);/q;;;+3/p-3. The molecule has 7 heteroatoms. The Labute approximate surface area is 163 Å². The van der Waals surface area contributed by atoms with Crippen LogP contribution >= 0.6 is 0 Å². The Morgan fingerprint density at radius 3 is 0.545 bits per heavy atom. The van der Waals surface area contributed by atoms with Crippen LogP contribution in [-0.2, 0) is 14.4 Å². The molecular weight excluding hydrogens is 439 g/mol. The van der Waals surface area contributed by atoms with Crippen LogP contribution in [0.1, 0.15) is 62.3 Å². The van der Waals surface area contributed by atoms with E-state index in [-0.39, 0.29) is 38.2 Å². The normalized spacial score (nSPS) is 10.8. The first-order valence-corrected chi connectivity index (χ1v) is 6.47. The summed E-state index contributed by atoms with van der Waals surface area (Å²) in [5.41, 5.74) is -2.08. The molecule has 0 aliphatic heterocycles. The number of carboxylic acid groups (broad SMARTS) is 3. The van der Waals surface area contributed by atoms with Crippen LogP contribution in [0, 0.1) is 54.4 Å². The van der Waals surface area contributed by atoms with E-state index >= 15 is 0 Å². The van der Waals surface area contributed by atoms with Gasteiger partial charge in [0.2, 0.25) is 0 Å². The van der Waals surface area contributed by atoms with Crippen LogP contribution in [-0.4, -0.2) is 17.9 Å². The minimum atomic E-state index is -1.01. The van der Waals surface area contributed by atoms with Gasteiger partial charge in [0.1, 0.15) is 0 Å². The SMILES string of the molecule is CC(C)(C)C(=O)[O-].CC(C)(C)C(=O)[O-].CC(C)(C)C(=O)[O-].[Dy+3]. The average molecular weight is 466 g/mol. The summed E-state index contributed by atoms with van der Waals surface area (Å²) < 4.78 is 0. The van der Waals surface area contributed by atoms with Crippen LogP contribution in [0.3, 0.4) is 0 Å². The zero-order valence-electron chi connectivity index (χ0n) is 14.8. The van der Waals surface area contributed by atoms with E-state index in [1.807, 2.05) is 0 Å². The molecule has 1 radical (unpaired) electrons. The van der Waals surface area contributed by atoms with E-state index in [0.29, 0.717) is 0 Å². The van der Waals surface area contributed by atoms with Crippen LogP contribution < -0.4 is 15.3 Å². The van der Waals surface area contributed by atoms with Crippen molar-refractivity contribution in [3.05, 3.63) is 0 Å². The second kappa shape index (κ2) is 11.3. The van der Waals surface area contributed by atoms with Gasteiger partial charge in [-0.15, -0.1) is 0 Å². The third kappa shape index (κ3) is 22.0. The molecule has 0 heterocycles. The van der Waals surface area contributed by atoms with Gasteiger partial charge in [-0.05, 0) is 0 Å². The van der Waals surface area contributed by atoms with Crippen molar-refractivity contribution in [1.82, 2.24) is 0 Å². The first-order chi connectivity index (χ1) is 8.83. The van der Waals surface area contributed by atoms with Crippen molar-refractivity contribution in [2.75, 3.05) is 0 Å². The Morgan fingerprint density at radius 1 is 0.500 bits per heavy atom. The van der Waals surface area contributed by atoms with E-state index in [9.17, 15) is 29.7 Å². The number of rotatable bonds is 0. The second-order valence-electron chi connectivity index (χ2n) is 7.61. The summed E-state index contributed by atoms with van der Waals surface area (Å²) in [6, 6.07) is 0. The molecule has 6 nitrogen and oxygen atoms in total. The Balaban J connectivity index is -0.000000108. The van der Waals surface area contributed by atoms with E-state index < -0.39 is 34.2 Å². The molecule has 0 fully saturated rings. The number of carbonyl (C=O) groups excluding carboxylic acids is 3. The summed E-state index contributed by atoms with van der Waals surface area (Å²) in [5, 5.41) is 29.7. The van der Waals surface area contributed by atoms with Crippen LogP contribution in [0.15, 0.2) is 0 Å². The molecular formula is C15H27DyO6. The molecule has 0 rings (SSSR count). The third-order valence-corrected chi connectivity index (χ3v) is 1.84. The Hall–Kier alpha value is -0.317. The summed E-state index contributed by atoms with van der Waals surface area (Å²) in [4.78, 5) is 29.7. The largest absolute Gasteiger partial charge is 3.00 e. The zero-order valence-corrected chi connectivity index (χ0v) is 16.8. The van der Waals surface area contributed by atoms with E-state index in [1.54, 1.807) is 62.3 Å². The molecule has 0 unspecified atom stereocenters. The number of aliphatic carboxylic acids is 3. The van der Waals surface area contributed by atoms with Gasteiger partial charge in [-0.3, -0.25) is 0 Å². The quantitative estimate of drug-likeness (QED) is 0.468. The van der Waals surface area contributed by atoms with E-state index in [4.69, 9.17) is 0 Å². The van der Waals surface area contributed by atoms with Crippen molar-refractivity contribution >= 4 is 17.9 Å². The predicted octanol–water partition coefficient (Wildman–Crippen LogP) is -0.653. The monoisotopic (exact) mass is 467 g/mol. The molecule has 0 aromatic rings. The zero-order chi connectivity index (χ0) is 18.2. The predicted molar refractivity (Wildman–Crippen MR) is 73.4 cm³/mol. The van der Waals surface area contributed by atoms with Crippen molar-refractivity contribution in [3.63, 3.8) is 0 Å². The van der Waals surface area contributed by atoms with Crippen molar-refractivity contribution in [2.45, 2.75) is 62.3 Å². The first-order valence-electron chi connectivity index (χ1n) is 6.47. The van der Waals surface area contributed by atoms with Gasteiger partial charge in [-0.1, -0.05) is 62.3 Å². The molecule has 0 atom stereocenters. The van der Waals surface area contributed by atoms with E-state index in [2.05, 4.69) is 0 Å². The van der Waals surface area contributed by atoms with Crippen molar-refractivity contribution in [1.29, 1.82) is 0 Å². The van der Waals surface area contributed by atoms with Gasteiger partial charge in [0.15, 0.2) is 0 Å². The number of carbonyl (C=O) groups is 3. The molecule has 0 amide bonds. The van der Waals surface area contributed by atoms with E-state index in [1.165, 1.54) is 0 Å². The Bertz CT molecular complexity index is 299. The fraction of sp³-hybridized carbons (Fsp3) is 0.800. The van der Waals surface area contributed by atoms with Gasteiger partial charge in [0.05, 0.1) is 0 Å². The van der Waals surface area contributed by atoms with Crippen molar-refractivity contribution in [3.8, 4) is 0 Å². The van der Waals surface area contributed by atoms with Crippen molar-refractivity contribution in [2.24, 2.45) is 16.2 Å². The van der Waals surface area contributed by atoms with Gasteiger partial charge in [0, 0.05) is 34.2 Å². The minimum absolute atomic E-state index is 0. The molecule has 0 saturated heterocycles. The smallest absolute Gasteiger partial charge is 0.550 e. The molecule has 0 aliphatic carbocycles. The summed E-state index contributed by atoms with van der Waals surface area (Å²) in [5.74, 6) is -3.02. The maximum Gasteiger partial charge on any atom is 3.00 e. The fourth-order valence-corrected chi connectivity index (χ4v) is 0.